The van der Waals surface area contributed by atoms with Gasteiger partial charge in [0.2, 0.25) is 0 Å². The highest BCUT2D eigenvalue weighted by Crippen LogP contribution is 2.43. The molecule has 0 atom stereocenters. The maximum absolute atomic E-state index is 11.7. The molecule has 44 heavy (non-hydrogen) atoms. The van der Waals surface area contributed by atoms with Crippen molar-refractivity contribution in [2.75, 3.05) is 0 Å². The minimum Gasteiger partial charge on any atom is -0.507 e. The number of hydrogen-bond acceptors (Lipinski definition) is 3. The number of hydrogen-bond donors (Lipinski definition) is 1. The van der Waals surface area contributed by atoms with Gasteiger partial charge in [-0.25, -0.2) is 4.98 Å². The summed E-state index contributed by atoms with van der Waals surface area (Å²) in [4.78, 5) is 10.1. The summed E-state index contributed by atoms with van der Waals surface area (Å²) in [5, 5.41) is 11.7. The molecule has 0 unspecified atom stereocenters. The fourth-order valence-corrected chi connectivity index (χ4v) is 6.12. The van der Waals surface area contributed by atoms with Gasteiger partial charge in [0.15, 0.2) is 0 Å². The van der Waals surface area contributed by atoms with Crippen LogP contribution in [0.3, 0.4) is 0 Å². The van der Waals surface area contributed by atoms with Gasteiger partial charge in [-0.1, -0.05) is 96.1 Å². The number of phenols is 1. The number of aromatic nitrogens is 3. The molecule has 0 saturated heterocycles. The van der Waals surface area contributed by atoms with E-state index in [9.17, 15) is 5.11 Å². The average molecular weight is 580 g/mol. The molecule has 4 aromatic carbocycles. The van der Waals surface area contributed by atoms with E-state index in [0.717, 1.165) is 67.2 Å². The molecule has 0 aliphatic heterocycles. The van der Waals surface area contributed by atoms with Crippen molar-refractivity contribution in [3.05, 3.63) is 119 Å². The molecule has 0 aliphatic rings. The predicted molar refractivity (Wildman–Crippen MR) is 184 cm³/mol. The van der Waals surface area contributed by atoms with Gasteiger partial charge in [-0.15, -0.1) is 0 Å². The summed E-state index contributed by atoms with van der Waals surface area (Å²) in [6, 6.07) is 31.6. The fourth-order valence-electron chi connectivity index (χ4n) is 6.12. The number of aromatic hydroxyl groups is 1. The first-order valence-electron chi connectivity index (χ1n) is 15.3. The van der Waals surface area contributed by atoms with E-state index in [2.05, 4.69) is 126 Å². The van der Waals surface area contributed by atoms with Crippen LogP contribution >= 0.6 is 0 Å². The lowest BCUT2D eigenvalue weighted by Crippen LogP contribution is -2.12. The van der Waals surface area contributed by atoms with Crippen molar-refractivity contribution in [1.82, 2.24) is 14.5 Å². The molecule has 1 N–H and O–H groups in total. The molecule has 0 aliphatic carbocycles. The third-order valence-electron chi connectivity index (χ3n) is 8.50. The number of aryl methyl sites for hydroxylation is 2. The Kier molecular flexibility index (Phi) is 7.20. The van der Waals surface area contributed by atoms with E-state index in [-0.39, 0.29) is 16.6 Å². The number of benzene rings is 4. The Morgan fingerprint density at radius 1 is 0.659 bits per heavy atom. The summed E-state index contributed by atoms with van der Waals surface area (Å²) in [5.74, 6) is 1.00. The molecular formula is C40H41N3O. The monoisotopic (exact) mass is 579 g/mol. The Bertz CT molecular complexity index is 1980. The standard InChI is InChI=1S/C40H41N3O/c1-25-14-11-15-26(2)36(25)43-34-20-13-16-30(35(34)42-38(43)31-17-12-18-32(37(31)44)40(6,7)8)27-22-28(33-19-9-10-21-41-33)24-29(23-27)39(3,4)5/h9-24,44H,1-8H3. The summed E-state index contributed by atoms with van der Waals surface area (Å²) in [7, 11) is 0. The molecule has 0 bridgehead atoms. The maximum atomic E-state index is 11.7. The Labute approximate surface area is 261 Å². The molecule has 0 fully saturated rings. The van der Waals surface area contributed by atoms with Crippen molar-refractivity contribution < 1.29 is 5.11 Å². The first kappa shape index (κ1) is 29.4. The van der Waals surface area contributed by atoms with Crippen LogP contribution in [0.1, 0.15) is 63.8 Å². The molecule has 6 rings (SSSR count). The summed E-state index contributed by atoms with van der Waals surface area (Å²) in [6.45, 7) is 17.4. The van der Waals surface area contributed by atoms with E-state index in [1.165, 1.54) is 5.56 Å². The first-order valence-corrected chi connectivity index (χ1v) is 15.3. The average Bonchev–Trinajstić information content (AvgIpc) is 3.35. The van der Waals surface area contributed by atoms with Crippen LogP contribution in [-0.4, -0.2) is 19.6 Å². The van der Waals surface area contributed by atoms with Crippen LogP contribution < -0.4 is 0 Å². The Morgan fingerprint density at radius 2 is 1.32 bits per heavy atom. The quantitative estimate of drug-likeness (QED) is 0.226. The topological polar surface area (TPSA) is 50.9 Å². The van der Waals surface area contributed by atoms with Gasteiger partial charge in [0.25, 0.3) is 0 Å². The largest absolute Gasteiger partial charge is 0.507 e. The molecule has 0 radical (unpaired) electrons. The van der Waals surface area contributed by atoms with Crippen LogP contribution in [-0.2, 0) is 10.8 Å². The minimum absolute atomic E-state index is 0.0601. The van der Waals surface area contributed by atoms with E-state index < -0.39 is 0 Å². The number of para-hydroxylation sites is 3. The molecule has 222 valence electrons. The third-order valence-corrected chi connectivity index (χ3v) is 8.50. The summed E-state index contributed by atoms with van der Waals surface area (Å²) in [6.07, 6.45) is 1.84. The van der Waals surface area contributed by atoms with Crippen LogP contribution in [0.25, 0.3) is 50.5 Å². The highest BCUT2D eigenvalue weighted by atomic mass is 16.3. The number of fused-ring (bicyclic) bond motifs is 1. The Morgan fingerprint density at radius 3 is 1.98 bits per heavy atom. The number of pyridine rings is 1. The maximum Gasteiger partial charge on any atom is 0.149 e. The number of imidazole rings is 1. The highest BCUT2D eigenvalue weighted by molar-refractivity contribution is 5.97. The molecule has 2 aromatic heterocycles. The Hall–Kier alpha value is -4.70. The van der Waals surface area contributed by atoms with Gasteiger partial charge in [0, 0.05) is 17.3 Å². The van der Waals surface area contributed by atoms with E-state index in [0.29, 0.717) is 0 Å². The van der Waals surface area contributed by atoms with Crippen molar-refractivity contribution in [1.29, 1.82) is 0 Å². The number of nitrogens with zero attached hydrogens (tertiary/aromatic N) is 3. The lowest BCUT2D eigenvalue weighted by Gasteiger charge is -2.22. The molecule has 2 heterocycles. The normalized spacial score (nSPS) is 12.2. The summed E-state index contributed by atoms with van der Waals surface area (Å²) in [5.41, 5.74) is 12.0. The smallest absolute Gasteiger partial charge is 0.149 e. The first-order chi connectivity index (χ1) is 20.8. The van der Waals surface area contributed by atoms with Crippen molar-refractivity contribution in [2.45, 2.75) is 66.2 Å². The second kappa shape index (κ2) is 10.8. The van der Waals surface area contributed by atoms with E-state index in [1.807, 2.05) is 36.5 Å². The van der Waals surface area contributed by atoms with Gasteiger partial charge >= 0.3 is 0 Å². The number of rotatable bonds is 4. The zero-order valence-electron chi connectivity index (χ0n) is 27.0. The van der Waals surface area contributed by atoms with Crippen LogP contribution in [0.5, 0.6) is 5.75 Å². The molecule has 0 amide bonds. The predicted octanol–water partition coefficient (Wildman–Crippen LogP) is 10.3. The van der Waals surface area contributed by atoms with Crippen molar-refractivity contribution >= 4 is 11.0 Å². The van der Waals surface area contributed by atoms with Crippen LogP contribution in [0.4, 0.5) is 0 Å². The lowest BCUT2D eigenvalue weighted by atomic mass is 9.83. The van der Waals surface area contributed by atoms with Gasteiger partial charge < -0.3 is 5.11 Å². The number of phenolic OH excluding ortho intramolecular Hbond substituents is 1. The van der Waals surface area contributed by atoms with E-state index in [1.54, 1.807) is 0 Å². The Balaban J connectivity index is 1.70. The summed E-state index contributed by atoms with van der Waals surface area (Å²) < 4.78 is 2.23. The van der Waals surface area contributed by atoms with Gasteiger partial charge in [-0.05, 0) is 88.9 Å². The molecule has 4 nitrogen and oxygen atoms in total. The molecule has 6 aromatic rings. The minimum atomic E-state index is -0.226. The van der Waals surface area contributed by atoms with Gasteiger partial charge in [0.05, 0.1) is 28.0 Å². The highest BCUT2D eigenvalue weighted by Gasteiger charge is 2.26. The summed E-state index contributed by atoms with van der Waals surface area (Å²) >= 11 is 0. The molecule has 4 heteroatoms. The van der Waals surface area contributed by atoms with Gasteiger partial charge in [0.1, 0.15) is 11.6 Å². The van der Waals surface area contributed by atoms with E-state index in [4.69, 9.17) is 4.98 Å². The lowest BCUT2D eigenvalue weighted by molar-refractivity contribution is 0.448. The van der Waals surface area contributed by atoms with Crippen LogP contribution in [0.2, 0.25) is 0 Å². The van der Waals surface area contributed by atoms with Gasteiger partial charge in [-0.2, -0.15) is 0 Å². The SMILES string of the molecule is Cc1cccc(C)c1-n1c(-c2cccc(C(C)(C)C)c2O)nc2c(-c3cc(-c4ccccn4)cc(C(C)(C)C)c3)cccc21. The van der Waals surface area contributed by atoms with Gasteiger partial charge in [-0.3, -0.25) is 9.55 Å². The van der Waals surface area contributed by atoms with Crippen molar-refractivity contribution in [2.24, 2.45) is 0 Å². The molecule has 0 saturated carbocycles. The molecule has 0 spiro atoms. The third kappa shape index (κ3) is 5.19. The molecular weight excluding hydrogens is 538 g/mol. The van der Waals surface area contributed by atoms with Crippen LogP contribution in [0, 0.1) is 13.8 Å². The van der Waals surface area contributed by atoms with E-state index >= 15 is 0 Å². The second-order valence-electron chi connectivity index (χ2n) is 13.9. The van der Waals surface area contributed by atoms with Crippen molar-refractivity contribution in [3.63, 3.8) is 0 Å². The second-order valence-corrected chi connectivity index (χ2v) is 13.9. The zero-order chi connectivity index (χ0) is 31.4. The fraction of sp³-hybridized carbons (Fsp3) is 0.250. The van der Waals surface area contributed by atoms with Crippen molar-refractivity contribution in [3.8, 4) is 45.2 Å². The van der Waals surface area contributed by atoms with Crippen LogP contribution in [0.15, 0.2) is 97.2 Å². The zero-order valence-corrected chi connectivity index (χ0v) is 27.0.